The maximum atomic E-state index is 12.2. The van der Waals surface area contributed by atoms with E-state index in [1.165, 1.54) is 17.1 Å². The molecule has 0 aliphatic carbocycles. The Bertz CT molecular complexity index is 460. The first-order chi connectivity index (χ1) is 7.87. The van der Waals surface area contributed by atoms with Crippen molar-refractivity contribution >= 4 is 10.0 Å². The Morgan fingerprint density at radius 2 is 2.24 bits per heavy atom. The Labute approximate surface area is 97.5 Å². The molecule has 6 nitrogen and oxygen atoms in total. The summed E-state index contributed by atoms with van der Waals surface area (Å²) in [6.07, 6.45) is -0.336. The van der Waals surface area contributed by atoms with Gasteiger partial charge in [0, 0.05) is 19.8 Å². The van der Waals surface area contributed by atoms with Gasteiger partial charge >= 0.3 is 0 Å². The molecule has 0 unspecified atom stereocenters. The molecule has 0 saturated heterocycles. The second-order valence-electron chi connectivity index (χ2n) is 3.36. The maximum absolute atomic E-state index is 12.2. The summed E-state index contributed by atoms with van der Waals surface area (Å²) in [6, 6.07) is 0. The van der Waals surface area contributed by atoms with Crippen LogP contribution in [0.4, 0.5) is 8.78 Å². The monoisotopic (exact) mass is 269 g/mol. The van der Waals surface area contributed by atoms with Gasteiger partial charge in [-0.05, 0) is 0 Å². The van der Waals surface area contributed by atoms with E-state index in [-0.39, 0.29) is 11.6 Å². The van der Waals surface area contributed by atoms with Crippen molar-refractivity contribution in [2.24, 2.45) is 7.05 Å². The molecule has 1 aromatic rings. The van der Waals surface area contributed by atoms with E-state index in [1.807, 2.05) is 0 Å². The minimum absolute atomic E-state index is 0.311. The zero-order valence-corrected chi connectivity index (χ0v) is 9.94. The molecule has 0 fully saturated rings. The first kappa shape index (κ1) is 14.0. The van der Waals surface area contributed by atoms with Gasteiger partial charge in [-0.2, -0.15) is 4.31 Å². The van der Waals surface area contributed by atoms with Crippen molar-refractivity contribution in [1.29, 1.82) is 0 Å². The van der Waals surface area contributed by atoms with Crippen LogP contribution in [0.1, 0.15) is 0 Å². The third kappa shape index (κ3) is 3.45. The number of rotatable bonds is 6. The van der Waals surface area contributed by atoms with Crippen molar-refractivity contribution in [3.63, 3.8) is 0 Å². The average molecular weight is 269 g/mol. The number of aliphatic hydroxyl groups is 1. The molecule has 0 aliphatic heterocycles. The number of imidazole rings is 1. The number of halogens is 2. The van der Waals surface area contributed by atoms with E-state index in [0.717, 1.165) is 0 Å². The molecule has 0 saturated carbocycles. The minimum Gasteiger partial charge on any atom is -0.395 e. The quantitative estimate of drug-likeness (QED) is 0.767. The number of hydrogen-bond acceptors (Lipinski definition) is 4. The summed E-state index contributed by atoms with van der Waals surface area (Å²) in [6.45, 7) is -1.87. The van der Waals surface area contributed by atoms with E-state index in [1.54, 1.807) is 7.05 Å². The summed E-state index contributed by atoms with van der Waals surface area (Å²) >= 11 is 0. The molecule has 0 amide bonds. The zero-order chi connectivity index (χ0) is 13.1. The van der Waals surface area contributed by atoms with Crippen molar-refractivity contribution in [3.05, 3.63) is 12.5 Å². The van der Waals surface area contributed by atoms with E-state index < -0.39 is 29.6 Å². The number of hydrogen-bond donors (Lipinski definition) is 1. The van der Waals surface area contributed by atoms with Crippen LogP contribution in [0.3, 0.4) is 0 Å². The maximum Gasteiger partial charge on any atom is 0.262 e. The first-order valence-corrected chi connectivity index (χ1v) is 6.19. The molecule has 0 spiro atoms. The van der Waals surface area contributed by atoms with Gasteiger partial charge in [0.15, 0.2) is 5.03 Å². The van der Waals surface area contributed by atoms with Crippen LogP contribution in [-0.2, 0) is 17.1 Å². The van der Waals surface area contributed by atoms with Gasteiger partial charge in [-0.1, -0.05) is 0 Å². The minimum atomic E-state index is -4.08. The van der Waals surface area contributed by atoms with E-state index in [0.29, 0.717) is 4.31 Å². The molecule has 0 atom stereocenters. The largest absolute Gasteiger partial charge is 0.395 e. The summed E-state index contributed by atoms with van der Waals surface area (Å²) in [5.74, 6) is 0. The molecule has 0 radical (unpaired) electrons. The molecule has 1 rings (SSSR count). The molecule has 9 heteroatoms. The number of alkyl halides is 2. The third-order valence-corrected chi connectivity index (χ3v) is 3.73. The van der Waals surface area contributed by atoms with E-state index in [2.05, 4.69) is 4.98 Å². The number of aliphatic hydroxyl groups excluding tert-OH is 1. The number of sulfonamides is 1. The zero-order valence-electron chi connectivity index (χ0n) is 9.12. The molecule has 0 aromatic carbocycles. The summed E-state index contributed by atoms with van der Waals surface area (Å²) < 4.78 is 50.2. The summed E-state index contributed by atoms with van der Waals surface area (Å²) in [4.78, 5) is 3.60. The van der Waals surface area contributed by atoms with Gasteiger partial charge < -0.3 is 9.67 Å². The smallest absolute Gasteiger partial charge is 0.262 e. The van der Waals surface area contributed by atoms with Crippen molar-refractivity contribution in [2.45, 2.75) is 11.5 Å². The number of aromatic nitrogens is 2. The predicted octanol–water partition coefficient (Wildman–Crippen LogP) is -0.332. The molecule has 98 valence electrons. The Kier molecular flexibility index (Phi) is 4.54. The lowest BCUT2D eigenvalue weighted by molar-refractivity contribution is 0.113. The molecule has 17 heavy (non-hydrogen) atoms. The second kappa shape index (κ2) is 5.52. The molecule has 0 aliphatic rings. The lowest BCUT2D eigenvalue weighted by Gasteiger charge is -2.19. The van der Waals surface area contributed by atoms with Gasteiger partial charge in [0.05, 0.1) is 19.5 Å². The highest BCUT2D eigenvalue weighted by atomic mass is 32.2. The standard InChI is InChI=1S/C8H13F2N3O3S/c1-12-5-8(11-6-12)17(15,16)13(2-3-14)4-7(9)10/h5-7,14H,2-4H2,1H3. The number of aryl methyl sites for hydroxylation is 1. The fourth-order valence-electron chi connectivity index (χ4n) is 1.23. The van der Waals surface area contributed by atoms with Gasteiger partial charge in [-0.15, -0.1) is 0 Å². The molecule has 1 heterocycles. The number of nitrogens with zero attached hydrogens (tertiary/aromatic N) is 3. The highest BCUT2D eigenvalue weighted by Gasteiger charge is 2.28. The SMILES string of the molecule is Cn1cnc(S(=O)(=O)N(CCO)CC(F)F)c1. The Balaban J connectivity index is 2.99. The lowest BCUT2D eigenvalue weighted by atomic mass is 10.6. The van der Waals surface area contributed by atoms with Crippen LogP contribution >= 0.6 is 0 Å². The van der Waals surface area contributed by atoms with Gasteiger partial charge in [0.2, 0.25) is 0 Å². The van der Waals surface area contributed by atoms with Crippen molar-refractivity contribution in [1.82, 2.24) is 13.9 Å². The second-order valence-corrected chi connectivity index (χ2v) is 5.24. The van der Waals surface area contributed by atoms with Crippen LogP contribution in [-0.4, -0.2) is 53.5 Å². The van der Waals surface area contributed by atoms with E-state index in [9.17, 15) is 17.2 Å². The van der Waals surface area contributed by atoms with Crippen LogP contribution in [0, 0.1) is 0 Å². The molecule has 1 aromatic heterocycles. The normalized spacial score (nSPS) is 12.6. The van der Waals surface area contributed by atoms with Gasteiger partial charge in [0.25, 0.3) is 16.4 Å². The van der Waals surface area contributed by atoms with Crippen molar-refractivity contribution < 1.29 is 22.3 Å². The summed E-state index contributed by atoms with van der Waals surface area (Å²) in [5.41, 5.74) is 0. The highest BCUT2D eigenvalue weighted by molar-refractivity contribution is 7.89. The van der Waals surface area contributed by atoms with Crippen LogP contribution in [0.15, 0.2) is 17.6 Å². The van der Waals surface area contributed by atoms with Crippen LogP contribution in [0.2, 0.25) is 0 Å². The highest BCUT2D eigenvalue weighted by Crippen LogP contribution is 2.14. The molecular weight excluding hydrogens is 256 g/mol. The Morgan fingerprint density at radius 1 is 1.59 bits per heavy atom. The molecule has 0 bridgehead atoms. The van der Waals surface area contributed by atoms with Gasteiger partial charge in [-0.25, -0.2) is 22.2 Å². The van der Waals surface area contributed by atoms with Crippen molar-refractivity contribution in [3.8, 4) is 0 Å². The topological polar surface area (TPSA) is 75.4 Å². The van der Waals surface area contributed by atoms with Gasteiger partial charge in [0.1, 0.15) is 0 Å². The summed E-state index contributed by atoms with van der Waals surface area (Å²) in [7, 11) is -2.51. The fraction of sp³-hybridized carbons (Fsp3) is 0.625. The third-order valence-electron chi connectivity index (χ3n) is 1.98. The van der Waals surface area contributed by atoms with Crippen LogP contribution in [0.25, 0.3) is 0 Å². The molecule has 1 N–H and O–H groups in total. The predicted molar refractivity (Wildman–Crippen MR) is 55.1 cm³/mol. The summed E-state index contributed by atoms with van der Waals surface area (Å²) in [5, 5.41) is 8.38. The average Bonchev–Trinajstić information content (AvgIpc) is 2.64. The van der Waals surface area contributed by atoms with E-state index >= 15 is 0 Å². The lowest BCUT2D eigenvalue weighted by Crippen LogP contribution is -2.37. The van der Waals surface area contributed by atoms with E-state index in [4.69, 9.17) is 5.11 Å². The first-order valence-electron chi connectivity index (χ1n) is 4.75. The van der Waals surface area contributed by atoms with Crippen LogP contribution < -0.4 is 0 Å². The fourth-order valence-corrected chi connectivity index (χ4v) is 2.60. The molecular formula is C8H13F2N3O3S. The van der Waals surface area contributed by atoms with Crippen LogP contribution in [0.5, 0.6) is 0 Å². The van der Waals surface area contributed by atoms with Crippen molar-refractivity contribution in [2.75, 3.05) is 19.7 Å². The van der Waals surface area contributed by atoms with Gasteiger partial charge in [-0.3, -0.25) is 0 Å². The Morgan fingerprint density at radius 3 is 2.65 bits per heavy atom. The Hall–Kier alpha value is -1.06.